The van der Waals surface area contributed by atoms with Gasteiger partial charge in [-0.2, -0.15) is 5.10 Å². The van der Waals surface area contributed by atoms with E-state index >= 15 is 0 Å². The molecule has 2 heterocycles. The number of nitrogens with one attached hydrogen (secondary N) is 1. The molecule has 1 N–H and O–H groups in total. The molecule has 0 bridgehead atoms. The SMILES string of the molecule is Cc1ccccc1N1C(=O)/C(=C\c2cnn(C)c2)NC1=S. The van der Waals surface area contributed by atoms with Crippen LogP contribution in [-0.2, 0) is 11.8 Å². The molecule has 1 amide bonds. The number of nitrogens with zero attached hydrogens (tertiary/aromatic N) is 3. The second-order valence-corrected chi connectivity index (χ2v) is 5.25. The standard InChI is InChI=1S/C15H14N4OS/c1-10-5-3-4-6-13(10)19-14(20)12(17-15(19)21)7-11-8-16-18(2)9-11/h3-9H,1-2H3,(H,17,21)/b12-7+. The molecule has 0 saturated carbocycles. The molecule has 0 radical (unpaired) electrons. The van der Waals surface area contributed by atoms with E-state index in [4.69, 9.17) is 12.2 Å². The number of hydrogen-bond donors (Lipinski definition) is 1. The van der Waals surface area contributed by atoms with Crippen LogP contribution in [0.25, 0.3) is 6.08 Å². The number of amides is 1. The van der Waals surface area contributed by atoms with Crippen LogP contribution in [0.15, 0.2) is 42.4 Å². The van der Waals surface area contributed by atoms with Gasteiger partial charge in [-0.25, -0.2) is 0 Å². The maximum absolute atomic E-state index is 12.6. The monoisotopic (exact) mass is 298 g/mol. The molecule has 0 atom stereocenters. The van der Waals surface area contributed by atoms with Gasteiger partial charge in [-0.1, -0.05) is 18.2 Å². The first-order valence-electron chi connectivity index (χ1n) is 6.47. The Morgan fingerprint density at radius 3 is 2.76 bits per heavy atom. The summed E-state index contributed by atoms with van der Waals surface area (Å²) in [5.74, 6) is -0.154. The average Bonchev–Trinajstić information content (AvgIpc) is 2.96. The predicted molar refractivity (Wildman–Crippen MR) is 85.6 cm³/mol. The van der Waals surface area contributed by atoms with Gasteiger partial charge in [0, 0.05) is 18.8 Å². The lowest BCUT2D eigenvalue weighted by Gasteiger charge is -2.16. The van der Waals surface area contributed by atoms with Crippen LogP contribution in [0.3, 0.4) is 0 Å². The Bertz CT molecular complexity index is 763. The van der Waals surface area contributed by atoms with Gasteiger partial charge in [0.2, 0.25) is 0 Å². The van der Waals surface area contributed by atoms with E-state index in [1.54, 1.807) is 17.0 Å². The van der Waals surface area contributed by atoms with Gasteiger partial charge in [-0.3, -0.25) is 14.4 Å². The maximum atomic E-state index is 12.6. The minimum absolute atomic E-state index is 0.154. The number of rotatable bonds is 2. The third-order valence-electron chi connectivity index (χ3n) is 3.27. The fourth-order valence-electron chi connectivity index (χ4n) is 2.25. The fraction of sp³-hybridized carbons (Fsp3) is 0.133. The van der Waals surface area contributed by atoms with E-state index < -0.39 is 0 Å². The number of aryl methyl sites for hydroxylation is 2. The Morgan fingerprint density at radius 1 is 1.33 bits per heavy atom. The Balaban J connectivity index is 1.96. The van der Waals surface area contributed by atoms with Crippen molar-refractivity contribution in [3.63, 3.8) is 0 Å². The summed E-state index contributed by atoms with van der Waals surface area (Å²) in [5, 5.41) is 7.44. The molecule has 2 aromatic rings. The van der Waals surface area contributed by atoms with Crippen LogP contribution < -0.4 is 10.2 Å². The molecule has 5 nitrogen and oxygen atoms in total. The molecular formula is C15H14N4OS. The van der Waals surface area contributed by atoms with Crippen molar-refractivity contribution in [2.24, 2.45) is 7.05 Å². The lowest BCUT2D eigenvalue weighted by Crippen LogP contribution is -2.30. The Morgan fingerprint density at radius 2 is 2.10 bits per heavy atom. The normalized spacial score (nSPS) is 16.7. The summed E-state index contributed by atoms with van der Waals surface area (Å²) in [6.07, 6.45) is 5.28. The van der Waals surface area contributed by atoms with Gasteiger partial charge < -0.3 is 5.32 Å². The highest BCUT2D eigenvalue weighted by molar-refractivity contribution is 7.80. The highest BCUT2D eigenvalue weighted by atomic mass is 32.1. The van der Waals surface area contributed by atoms with E-state index in [9.17, 15) is 4.79 Å². The molecule has 0 spiro atoms. The van der Waals surface area contributed by atoms with Gasteiger partial charge in [-0.05, 0) is 36.8 Å². The first-order chi connectivity index (χ1) is 10.1. The van der Waals surface area contributed by atoms with Crippen molar-refractivity contribution in [1.82, 2.24) is 15.1 Å². The van der Waals surface area contributed by atoms with E-state index in [1.165, 1.54) is 4.90 Å². The summed E-state index contributed by atoms with van der Waals surface area (Å²) in [4.78, 5) is 14.1. The molecule has 1 saturated heterocycles. The van der Waals surface area contributed by atoms with Gasteiger partial charge in [0.05, 0.1) is 11.9 Å². The number of aromatic nitrogens is 2. The van der Waals surface area contributed by atoms with Crippen molar-refractivity contribution in [3.8, 4) is 0 Å². The number of carbonyl (C=O) groups excluding carboxylic acids is 1. The summed E-state index contributed by atoms with van der Waals surface area (Å²) >= 11 is 5.29. The molecule has 3 rings (SSSR count). The van der Waals surface area contributed by atoms with Crippen molar-refractivity contribution in [3.05, 3.63) is 53.5 Å². The van der Waals surface area contributed by atoms with E-state index in [0.717, 1.165) is 16.8 Å². The lowest BCUT2D eigenvalue weighted by molar-refractivity contribution is -0.113. The lowest BCUT2D eigenvalue weighted by atomic mass is 10.2. The summed E-state index contributed by atoms with van der Waals surface area (Å²) in [6.45, 7) is 1.95. The van der Waals surface area contributed by atoms with Crippen LogP contribution in [0.1, 0.15) is 11.1 Å². The topological polar surface area (TPSA) is 50.2 Å². The third-order valence-corrected chi connectivity index (χ3v) is 3.56. The van der Waals surface area contributed by atoms with Crippen LogP contribution in [0, 0.1) is 6.92 Å². The van der Waals surface area contributed by atoms with E-state index in [0.29, 0.717) is 10.8 Å². The zero-order valence-electron chi connectivity index (χ0n) is 11.7. The van der Waals surface area contributed by atoms with Crippen LogP contribution in [-0.4, -0.2) is 20.8 Å². The molecular weight excluding hydrogens is 284 g/mol. The largest absolute Gasteiger partial charge is 0.327 e. The predicted octanol–water partition coefficient (Wildman–Crippen LogP) is 1.99. The summed E-state index contributed by atoms with van der Waals surface area (Å²) in [6, 6.07) is 7.66. The van der Waals surface area contributed by atoms with Crippen LogP contribution in [0.2, 0.25) is 0 Å². The molecule has 0 aliphatic carbocycles. The van der Waals surface area contributed by atoms with Crippen molar-refractivity contribution in [2.45, 2.75) is 6.92 Å². The number of benzene rings is 1. The third kappa shape index (κ3) is 2.45. The Hall–Kier alpha value is -2.47. The molecule has 6 heteroatoms. The molecule has 0 unspecified atom stereocenters. The quantitative estimate of drug-likeness (QED) is 0.680. The van der Waals surface area contributed by atoms with Crippen molar-refractivity contribution in [2.75, 3.05) is 4.90 Å². The molecule has 1 aliphatic heterocycles. The molecule has 21 heavy (non-hydrogen) atoms. The molecule has 1 aliphatic rings. The zero-order valence-corrected chi connectivity index (χ0v) is 12.5. The van der Waals surface area contributed by atoms with Crippen molar-refractivity contribution < 1.29 is 4.79 Å². The first kappa shape index (κ1) is 13.5. The molecule has 1 fully saturated rings. The van der Waals surface area contributed by atoms with Crippen molar-refractivity contribution in [1.29, 1.82) is 0 Å². The van der Waals surface area contributed by atoms with Gasteiger partial charge >= 0.3 is 0 Å². The summed E-state index contributed by atoms with van der Waals surface area (Å²) in [7, 11) is 1.83. The fourth-order valence-corrected chi connectivity index (χ4v) is 2.54. The molecule has 1 aromatic heterocycles. The van der Waals surface area contributed by atoms with E-state index in [1.807, 2.05) is 44.4 Å². The number of carbonyl (C=O) groups is 1. The highest BCUT2D eigenvalue weighted by Gasteiger charge is 2.32. The highest BCUT2D eigenvalue weighted by Crippen LogP contribution is 2.25. The van der Waals surface area contributed by atoms with Gasteiger partial charge in [0.25, 0.3) is 5.91 Å². The van der Waals surface area contributed by atoms with E-state index in [2.05, 4.69) is 10.4 Å². The summed E-state index contributed by atoms with van der Waals surface area (Å²) < 4.78 is 1.68. The van der Waals surface area contributed by atoms with Crippen molar-refractivity contribution >= 4 is 35.0 Å². The number of thiocarbonyl (C=S) groups is 1. The summed E-state index contributed by atoms with van der Waals surface area (Å²) in [5.41, 5.74) is 3.10. The Kier molecular flexibility index (Phi) is 3.31. The second kappa shape index (κ2) is 5.14. The first-order valence-corrected chi connectivity index (χ1v) is 6.88. The van der Waals surface area contributed by atoms with Crippen LogP contribution in [0.5, 0.6) is 0 Å². The second-order valence-electron chi connectivity index (χ2n) is 4.86. The maximum Gasteiger partial charge on any atom is 0.281 e. The van der Waals surface area contributed by atoms with E-state index in [-0.39, 0.29) is 5.91 Å². The number of hydrogen-bond acceptors (Lipinski definition) is 3. The minimum Gasteiger partial charge on any atom is -0.327 e. The van der Waals surface area contributed by atoms with Crippen LogP contribution in [0.4, 0.5) is 5.69 Å². The number of anilines is 1. The molecule has 1 aromatic carbocycles. The van der Waals surface area contributed by atoms with Gasteiger partial charge in [-0.15, -0.1) is 0 Å². The smallest absolute Gasteiger partial charge is 0.281 e. The average molecular weight is 298 g/mol. The minimum atomic E-state index is -0.154. The van der Waals surface area contributed by atoms with Gasteiger partial charge in [0.15, 0.2) is 5.11 Å². The Labute approximate surface area is 127 Å². The van der Waals surface area contributed by atoms with Crippen LogP contribution >= 0.6 is 12.2 Å². The molecule has 106 valence electrons. The van der Waals surface area contributed by atoms with Gasteiger partial charge in [0.1, 0.15) is 5.70 Å². The zero-order chi connectivity index (χ0) is 15.0. The number of para-hydroxylation sites is 1.